The maximum Gasteiger partial charge on any atom is 0.261 e. The fourth-order valence-electron chi connectivity index (χ4n) is 3.89. The topological polar surface area (TPSA) is 90.8 Å². The summed E-state index contributed by atoms with van der Waals surface area (Å²) in [5.74, 6) is -0.386. The van der Waals surface area contributed by atoms with E-state index in [2.05, 4.69) is 16.0 Å². The van der Waals surface area contributed by atoms with E-state index in [-0.39, 0.29) is 11.5 Å². The normalized spacial score (nSPS) is 13.4. The number of ether oxygens (including phenoxy) is 1. The molecule has 7 heteroatoms. The molecule has 0 unspecified atom stereocenters. The molecule has 2 aromatic heterocycles. The molecule has 0 spiro atoms. The van der Waals surface area contributed by atoms with E-state index in [1.807, 2.05) is 26.0 Å². The summed E-state index contributed by atoms with van der Waals surface area (Å²) in [6.07, 6.45) is 6.60. The van der Waals surface area contributed by atoms with E-state index in [4.69, 9.17) is 4.74 Å². The molecule has 2 heterocycles. The molecule has 30 heavy (non-hydrogen) atoms. The molecule has 0 bridgehead atoms. The van der Waals surface area contributed by atoms with Crippen LogP contribution in [0.1, 0.15) is 52.2 Å². The Balaban J connectivity index is 1.94. The number of hydrogen-bond donors (Lipinski definition) is 1. The van der Waals surface area contributed by atoms with Crippen molar-refractivity contribution in [1.29, 1.82) is 10.5 Å². The highest BCUT2D eigenvalue weighted by atomic mass is 32.1. The number of hydrogen-bond acceptors (Lipinski definition) is 5. The van der Waals surface area contributed by atoms with E-state index < -0.39 is 0 Å². The third-order valence-corrected chi connectivity index (χ3v) is 6.69. The first kappa shape index (κ1) is 21.8. The van der Waals surface area contributed by atoms with Crippen molar-refractivity contribution < 1.29 is 9.53 Å². The number of rotatable bonds is 7. The number of carbonyl (C=O) groups is 1. The Hall–Kier alpha value is -2.87. The summed E-state index contributed by atoms with van der Waals surface area (Å²) in [5.41, 5.74) is 4.74. The molecule has 0 saturated heterocycles. The van der Waals surface area contributed by atoms with Crippen LogP contribution in [-0.2, 0) is 22.4 Å². The SMILES string of the molecule is COCCCNC(=O)C(C#N)=Cc1cc(C)n(-c2sc3c(c2C#N)CCCC3)c1C. The molecule has 1 amide bonds. The van der Waals surface area contributed by atoms with E-state index in [0.29, 0.717) is 19.6 Å². The summed E-state index contributed by atoms with van der Waals surface area (Å²) >= 11 is 1.69. The number of nitriles is 2. The second-order valence-corrected chi connectivity index (χ2v) is 8.52. The number of aryl methyl sites for hydroxylation is 2. The molecular weight excluding hydrogens is 396 g/mol. The molecule has 1 N–H and O–H groups in total. The standard InChI is InChI=1S/C23H26N4O2S/c1-15-11-17(12-18(13-24)22(28)26-9-6-10-29-3)16(2)27(15)23-20(14-25)19-7-4-5-8-21(19)30-23/h11-12H,4-10H2,1-3H3,(H,26,28). The maximum absolute atomic E-state index is 12.4. The van der Waals surface area contributed by atoms with Gasteiger partial charge >= 0.3 is 0 Å². The van der Waals surface area contributed by atoms with Gasteiger partial charge < -0.3 is 14.6 Å². The Bertz CT molecular complexity index is 1060. The summed E-state index contributed by atoms with van der Waals surface area (Å²) < 4.78 is 7.06. The fraction of sp³-hybridized carbons (Fsp3) is 0.435. The second-order valence-electron chi connectivity index (χ2n) is 7.44. The van der Waals surface area contributed by atoms with Gasteiger partial charge in [0.2, 0.25) is 0 Å². The third kappa shape index (κ3) is 4.33. The van der Waals surface area contributed by atoms with Crippen molar-refractivity contribution in [2.75, 3.05) is 20.3 Å². The average molecular weight is 423 g/mol. The minimum absolute atomic E-state index is 0.0682. The lowest BCUT2D eigenvalue weighted by Gasteiger charge is -2.10. The highest BCUT2D eigenvalue weighted by molar-refractivity contribution is 7.15. The van der Waals surface area contributed by atoms with E-state index in [0.717, 1.165) is 46.8 Å². The quantitative estimate of drug-likeness (QED) is 0.415. The summed E-state index contributed by atoms with van der Waals surface area (Å²) in [7, 11) is 1.61. The van der Waals surface area contributed by atoms with Crippen LogP contribution >= 0.6 is 11.3 Å². The molecule has 3 rings (SSSR count). The molecule has 0 aromatic carbocycles. The monoisotopic (exact) mass is 422 g/mol. The van der Waals surface area contributed by atoms with Crippen molar-refractivity contribution in [2.24, 2.45) is 0 Å². The van der Waals surface area contributed by atoms with Gasteiger partial charge in [0.1, 0.15) is 22.7 Å². The highest BCUT2D eigenvalue weighted by Gasteiger charge is 2.24. The van der Waals surface area contributed by atoms with Crippen molar-refractivity contribution in [3.8, 4) is 17.1 Å². The van der Waals surface area contributed by atoms with Crippen LogP contribution in [-0.4, -0.2) is 30.7 Å². The Labute approximate surface area is 181 Å². The number of nitrogens with one attached hydrogen (secondary N) is 1. The van der Waals surface area contributed by atoms with E-state index in [1.54, 1.807) is 24.5 Å². The molecule has 0 fully saturated rings. The van der Waals surface area contributed by atoms with Crippen LogP contribution < -0.4 is 5.32 Å². The number of fused-ring (bicyclic) bond motifs is 1. The molecular formula is C23H26N4O2S. The first-order chi connectivity index (χ1) is 14.5. The van der Waals surface area contributed by atoms with Crippen LogP contribution in [0.15, 0.2) is 11.6 Å². The lowest BCUT2D eigenvalue weighted by molar-refractivity contribution is -0.117. The van der Waals surface area contributed by atoms with Gasteiger partial charge in [-0.1, -0.05) is 0 Å². The summed E-state index contributed by atoms with van der Waals surface area (Å²) in [5, 5.41) is 23.0. The minimum atomic E-state index is -0.386. The van der Waals surface area contributed by atoms with Gasteiger partial charge in [-0.15, -0.1) is 11.3 Å². The Morgan fingerprint density at radius 1 is 1.33 bits per heavy atom. The largest absolute Gasteiger partial charge is 0.385 e. The van der Waals surface area contributed by atoms with E-state index in [9.17, 15) is 15.3 Å². The van der Waals surface area contributed by atoms with Crippen molar-refractivity contribution in [3.05, 3.63) is 44.6 Å². The van der Waals surface area contributed by atoms with Crippen LogP contribution in [0.4, 0.5) is 0 Å². The zero-order valence-corrected chi connectivity index (χ0v) is 18.5. The number of nitrogens with zero attached hydrogens (tertiary/aromatic N) is 3. The van der Waals surface area contributed by atoms with Crippen molar-refractivity contribution in [3.63, 3.8) is 0 Å². The van der Waals surface area contributed by atoms with Gasteiger partial charge in [-0.2, -0.15) is 10.5 Å². The molecule has 0 atom stereocenters. The number of amides is 1. The van der Waals surface area contributed by atoms with Crippen LogP contribution in [0, 0.1) is 36.5 Å². The summed E-state index contributed by atoms with van der Waals surface area (Å²) in [6, 6.07) is 6.39. The van der Waals surface area contributed by atoms with Crippen LogP contribution in [0.2, 0.25) is 0 Å². The summed E-state index contributed by atoms with van der Waals surface area (Å²) in [6.45, 7) is 4.96. The van der Waals surface area contributed by atoms with Gasteiger partial charge in [0.05, 0.1) is 5.56 Å². The van der Waals surface area contributed by atoms with Gasteiger partial charge in [0, 0.05) is 36.5 Å². The average Bonchev–Trinajstić information content (AvgIpc) is 3.24. The zero-order valence-electron chi connectivity index (χ0n) is 17.7. The number of aromatic nitrogens is 1. The molecule has 0 radical (unpaired) electrons. The minimum Gasteiger partial charge on any atom is -0.385 e. The third-order valence-electron chi connectivity index (χ3n) is 5.41. The van der Waals surface area contributed by atoms with E-state index >= 15 is 0 Å². The predicted molar refractivity (Wildman–Crippen MR) is 118 cm³/mol. The molecule has 1 aliphatic rings. The fourth-order valence-corrected chi connectivity index (χ4v) is 5.34. The van der Waals surface area contributed by atoms with Gasteiger partial charge in [-0.3, -0.25) is 4.79 Å². The van der Waals surface area contributed by atoms with Gasteiger partial charge in [0.15, 0.2) is 0 Å². The summed E-state index contributed by atoms with van der Waals surface area (Å²) in [4.78, 5) is 13.7. The van der Waals surface area contributed by atoms with Crippen LogP contribution in [0.25, 0.3) is 11.1 Å². The molecule has 0 saturated carbocycles. The second kappa shape index (κ2) is 9.75. The molecule has 1 aliphatic carbocycles. The number of methoxy groups -OCH3 is 1. The Kier molecular flexibility index (Phi) is 7.10. The van der Waals surface area contributed by atoms with E-state index in [1.165, 1.54) is 16.9 Å². The van der Waals surface area contributed by atoms with Gasteiger partial charge in [-0.05, 0) is 69.2 Å². The van der Waals surface area contributed by atoms with Crippen molar-refractivity contribution in [1.82, 2.24) is 9.88 Å². The van der Waals surface area contributed by atoms with Crippen LogP contribution in [0.5, 0.6) is 0 Å². The Morgan fingerprint density at radius 3 is 2.80 bits per heavy atom. The smallest absolute Gasteiger partial charge is 0.261 e. The molecule has 6 nitrogen and oxygen atoms in total. The first-order valence-electron chi connectivity index (χ1n) is 10.1. The zero-order chi connectivity index (χ0) is 21.7. The maximum atomic E-state index is 12.4. The lowest BCUT2D eigenvalue weighted by atomic mass is 9.96. The Morgan fingerprint density at radius 2 is 2.10 bits per heavy atom. The first-order valence-corrected chi connectivity index (χ1v) is 11.0. The molecule has 156 valence electrons. The predicted octanol–water partition coefficient (Wildman–Crippen LogP) is 3.97. The number of carbonyl (C=O) groups excluding carboxylic acids is 1. The van der Waals surface area contributed by atoms with Crippen molar-refractivity contribution in [2.45, 2.75) is 46.0 Å². The highest BCUT2D eigenvalue weighted by Crippen LogP contribution is 2.38. The lowest BCUT2D eigenvalue weighted by Crippen LogP contribution is -2.26. The number of thiophene rings is 1. The van der Waals surface area contributed by atoms with Gasteiger partial charge in [-0.25, -0.2) is 0 Å². The van der Waals surface area contributed by atoms with Crippen LogP contribution in [0.3, 0.4) is 0 Å². The molecule has 0 aliphatic heterocycles. The van der Waals surface area contributed by atoms with Gasteiger partial charge in [0.25, 0.3) is 5.91 Å². The van der Waals surface area contributed by atoms with Crippen molar-refractivity contribution >= 4 is 23.3 Å². The molecule has 2 aromatic rings.